The van der Waals surface area contributed by atoms with E-state index >= 15 is 0 Å². The zero-order valence-electron chi connectivity index (χ0n) is 9.37. The Bertz CT molecular complexity index is 562. The first-order chi connectivity index (χ1) is 8.07. The zero-order chi connectivity index (χ0) is 12.1. The van der Waals surface area contributed by atoms with Crippen LogP contribution in [-0.4, -0.2) is 19.7 Å². The Morgan fingerprint density at radius 2 is 1.94 bits per heavy atom. The fraction of sp³-hybridized carbons (Fsp3) is 0.500. The molecule has 1 aliphatic heterocycles. The summed E-state index contributed by atoms with van der Waals surface area (Å²) in [4.78, 5) is 0.452. The average molecular weight is 316 g/mol. The van der Waals surface area contributed by atoms with Crippen molar-refractivity contribution in [1.29, 1.82) is 0 Å². The van der Waals surface area contributed by atoms with E-state index in [0.717, 1.165) is 31.4 Å². The standard InChI is InChI=1S/C12H14BrNO2S/c13-9-4-3-5-10-11(9)17(15,16)12(8-14-10)6-1-2-7-12/h3-5,14H,1-2,6-8H2. The second-order valence-electron chi connectivity index (χ2n) is 4.86. The molecule has 0 amide bonds. The summed E-state index contributed by atoms with van der Waals surface area (Å²) in [6.45, 7) is 0.554. The summed E-state index contributed by atoms with van der Waals surface area (Å²) in [6.07, 6.45) is 3.59. The van der Waals surface area contributed by atoms with Crippen molar-refractivity contribution in [2.45, 2.75) is 35.3 Å². The predicted octanol–water partition coefficient (Wildman–Crippen LogP) is 2.96. The lowest BCUT2D eigenvalue weighted by atomic mass is 10.1. The molecule has 0 unspecified atom stereocenters. The highest BCUT2D eigenvalue weighted by Crippen LogP contribution is 2.47. The molecular formula is C12H14BrNO2S. The number of rotatable bonds is 0. The van der Waals surface area contributed by atoms with Gasteiger partial charge >= 0.3 is 0 Å². The van der Waals surface area contributed by atoms with Crippen LogP contribution >= 0.6 is 15.9 Å². The second-order valence-corrected chi connectivity index (χ2v) is 8.00. The summed E-state index contributed by atoms with van der Waals surface area (Å²) in [5, 5.41) is 3.28. The van der Waals surface area contributed by atoms with Gasteiger partial charge in [0.05, 0.1) is 10.4 Å². The highest BCUT2D eigenvalue weighted by molar-refractivity contribution is 9.10. The zero-order valence-corrected chi connectivity index (χ0v) is 11.8. The van der Waals surface area contributed by atoms with Crippen LogP contribution < -0.4 is 5.32 Å². The van der Waals surface area contributed by atoms with Crippen LogP contribution in [0.1, 0.15) is 25.7 Å². The van der Waals surface area contributed by atoms with Crippen LogP contribution in [-0.2, 0) is 9.84 Å². The van der Waals surface area contributed by atoms with E-state index in [9.17, 15) is 8.42 Å². The lowest BCUT2D eigenvalue weighted by Crippen LogP contribution is -2.46. The van der Waals surface area contributed by atoms with Gasteiger partial charge in [-0.3, -0.25) is 0 Å². The van der Waals surface area contributed by atoms with Crippen LogP contribution in [0.2, 0.25) is 0 Å². The van der Waals surface area contributed by atoms with Gasteiger partial charge in [-0.05, 0) is 40.9 Å². The van der Waals surface area contributed by atoms with Gasteiger partial charge in [-0.15, -0.1) is 0 Å². The number of benzene rings is 1. The Labute approximate surface area is 110 Å². The Balaban J connectivity index is 2.24. The first-order valence-electron chi connectivity index (χ1n) is 5.84. The first kappa shape index (κ1) is 11.5. The molecule has 0 atom stereocenters. The number of anilines is 1. The molecule has 92 valence electrons. The maximum atomic E-state index is 12.8. The molecule has 2 aliphatic rings. The van der Waals surface area contributed by atoms with Crippen molar-refractivity contribution in [1.82, 2.24) is 0 Å². The van der Waals surface area contributed by atoms with E-state index in [0.29, 0.717) is 15.9 Å². The molecule has 0 radical (unpaired) electrons. The summed E-state index contributed by atoms with van der Waals surface area (Å²) in [6, 6.07) is 5.49. The number of fused-ring (bicyclic) bond motifs is 1. The smallest absolute Gasteiger partial charge is 0.188 e. The molecule has 1 heterocycles. The minimum Gasteiger partial charge on any atom is -0.382 e. The van der Waals surface area contributed by atoms with E-state index in [4.69, 9.17) is 0 Å². The summed E-state index contributed by atoms with van der Waals surface area (Å²) >= 11 is 3.37. The molecule has 0 saturated heterocycles. The lowest BCUT2D eigenvalue weighted by molar-refractivity contribution is 0.515. The van der Waals surface area contributed by atoms with Crippen molar-refractivity contribution >= 4 is 31.5 Å². The van der Waals surface area contributed by atoms with Crippen molar-refractivity contribution in [3.63, 3.8) is 0 Å². The van der Waals surface area contributed by atoms with E-state index in [1.807, 2.05) is 12.1 Å². The van der Waals surface area contributed by atoms with Crippen molar-refractivity contribution in [3.8, 4) is 0 Å². The molecule has 1 fully saturated rings. The van der Waals surface area contributed by atoms with Gasteiger partial charge in [-0.2, -0.15) is 0 Å². The molecule has 5 heteroatoms. The molecule has 1 aromatic rings. The highest BCUT2D eigenvalue weighted by Gasteiger charge is 2.50. The summed E-state index contributed by atoms with van der Waals surface area (Å²) in [5.41, 5.74) is 0.733. The monoisotopic (exact) mass is 315 g/mol. The van der Waals surface area contributed by atoms with Gasteiger partial charge in [0.1, 0.15) is 4.90 Å². The largest absolute Gasteiger partial charge is 0.382 e. The maximum Gasteiger partial charge on any atom is 0.188 e. The molecule has 17 heavy (non-hydrogen) atoms. The van der Waals surface area contributed by atoms with Crippen LogP contribution in [0.15, 0.2) is 27.6 Å². The number of hydrogen-bond acceptors (Lipinski definition) is 3. The minimum absolute atomic E-state index is 0.452. The van der Waals surface area contributed by atoms with E-state index in [-0.39, 0.29) is 0 Å². The third-order valence-corrected chi connectivity index (χ3v) is 7.51. The number of halogens is 1. The van der Waals surface area contributed by atoms with Gasteiger partial charge in [-0.1, -0.05) is 18.9 Å². The molecule has 1 N–H and O–H groups in total. The van der Waals surface area contributed by atoms with E-state index in [2.05, 4.69) is 21.2 Å². The average Bonchev–Trinajstić information content (AvgIpc) is 2.74. The van der Waals surface area contributed by atoms with Crippen molar-refractivity contribution in [2.24, 2.45) is 0 Å². The van der Waals surface area contributed by atoms with Crippen LogP contribution in [0.25, 0.3) is 0 Å². The van der Waals surface area contributed by atoms with Crippen LogP contribution in [0, 0.1) is 0 Å². The number of sulfone groups is 1. The lowest BCUT2D eigenvalue weighted by Gasteiger charge is -2.35. The molecule has 1 spiro atoms. The topological polar surface area (TPSA) is 46.2 Å². The number of nitrogens with one attached hydrogen (secondary N) is 1. The molecule has 3 rings (SSSR count). The summed E-state index contributed by atoms with van der Waals surface area (Å²) in [7, 11) is -3.22. The second kappa shape index (κ2) is 3.72. The molecule has 3 nitrogen and oxygen atoms in total. The van der Waals surface area contributed by atoms with Gasteiger partial charge in [0.25, 0.3) is 0 Å². The Hall–Kier alpha value is -0.550. The minimum atomic E-state index is -3.22. The summed E-state index contributed by atoms with van der Waals surface area (Å²) < 4.78 is 25.7. The molecule has 0 aromatic heterocycles. The SMILES string of the molecule is O=S1(=O)c2c(Br)cccc2NCC12CCCC2. The van der Waals surface area contributed by atoms with Crippen LogP contribution in [0.3, 0.4) is 0 Å². The fourth-order valence-corrected chi connectivity index (χ4v) is 6.24. The van der Waals surface area contributed by atoms with Gasteiger partial charge in [-0.25, -0.2) is 8.42 Å². The van der Waals surface area contributed by atoms with Gasteiger partial charge in [0.15, 0.2) is 9.84 Å². The molecule has 0 bridgehead atoms. The van der Waals surface area contributed by atoms with Crippen LogP contribution in [0.4, 0.5) is 5.69 Å². The normalized spacial score (nSPS) is 24.3. The van der Waals surface area contributed by atoms with Crippen molar-refractivity contribution in [3.05, 3.63) is 22.7 Å². The van der Waals surface area contributed by atoms with E-state index in [1.54, 1.807) is 6.07 Å². The van der Waals surface area contributed by atoms with E-state index < -0.39 is 14.6 Å². The third kappa shape index (κ3) is 1.48. The van der Waals surface area contributed by atoms with Gasteiger partial charge in [0.2, 0.25) is 0 Å². The van der Waals surface area contributed by atoms with Crippen molar-refractivity contribution in [2.75, 3.05) is 11.9 Å². The Morgan fingerprint density at radius 3 is 2.65 bits per heavy atom. The van der Waals surface area contributed by atoms with Gasteiger partial charge in [0, 0.05) is 11.0 Å². The Morgan fingerprint density at radius 1 is 1.24 bits per heavy atom. The fourth-order valence-electron chi connectivity index (χ4n) is 2.95. The molecule has 1 saturated carbocycles. The number of hydrogen-bond donors (Lipinski definition) is 1. The molecule has 1 aromatic carbocycles. The third-order valence-electron chi connectivity index (χ3n) is 3.92. The first-order valence-corrected chi connectivity index (χ1v) is 8.11. The highest BCUT2D eigenvalue weighted by atomic mass is 79.9. The van der Waals surface area contributed by atoms with Gasteiger partial charge < -0.3 is 5.32 Å². The van der Waals surface area contributed by atoms with Crippen LogP contribution in [0.5, 0.6) is 0 Å². The maximum absolute atomic E-state index is 12.8. The Kier molecular flexibility index (Phi) is 2.52. The van der Waals surface area contributed by atoms with E-state index in [1.165, 1.54) is 0 Å². The quantitative estimate of drug-likeness (QED) is 0.800. The predicted molar refractivity (Wildman–Crippen MR) is 71.0 cm³/mol. The molecule has 1 aliphatic carbocycles. The summed E-state index contributed by atoms with van der Waals surface area (Å²) in [5.74, 6) is 0. The van der Waals surface area contributed by atoms with Crippen molar-refractivity contribution < 1.29 is 8.42 Å². The molecular weight excluding hydrogens is 302 g/mol.